The molecule has 9 nitrogen and oxygen atoms in total. The monoisotopic (exact) mass is 1090 g/mol. The lowest BCUT2D eigenvalue weighted by atomic mass is 9.43. The van der Waals surface area contributed by atoms with Crippen molar-refractivity contribution in [1.82, 2.24) is 0 Å². The predicted molar refractivity (Wildman–Crippen MR) is 291 cm³/mol. The fourth-order valence-corrected chi connectivity index (χ4v) is 18.2. The van der Waals surface area contributed by atoms with E-state index >= 15 is 0 Å². The summed E-state index contributed by atoms with van der Waals surface area (Å²) in [5.74, 6) is 5.48. The van der Waals surface area contributed by atoms with Gasteiger partial charge in [-0.1, -0.05) is 99.9 Å². The van der Waals surface area contributed by atoms with Gasteiger partial charge in [-0.15, -0.1) is 0 Å². The van der Waals surface area contributed by atoms with Gasteiger partial charge in [0, 0.05) is 37.3 Å². The van der Waals surface area contributed by atoms with Crippen molar-refractivity contribution in [3.8, 4) is 0 Å². The number of aliphatic hydroxyl groups is 2. The number of Topliss-reactive ketones (excluding diaryl/α,β-unsaturated/α-hetero) is 2. The Kier molecular flexibility index (Phi) is 20.2. The molecule has 10 rings (SSSR count). The van der Waals surface area contributed by atoms with Crippen LogP contribution in [0.2, 0.25) is 0 Å². The van der Waals surface area contributed by atoms with Gasteiger partial charge in [0.15, 0.2) is 11.4 Å². The highest BCUT2D eigenvalue weighted by molar-refractivity contribution is 9.09. The zero-order valence-corrected chi connectivity index (χ0v) is 45.2. The van der Waals surface area contributed by atoms with E-state index in [1.165, 1.54) is 38.5 Å². The molecular formula is C60H94BrF3N2O7. The first-order chi connectivity index (χ1) is 33.4. The number of alkyl halides is 4. The van der Waals surface area contributed by atoms with Gasteiger partial charge >= 0.3 is 6.18 Å². The van der Waals surface area contributed by atoms with Gasteiger partial charge in [0.1, 0.15) is 5.78 Å². The minimum absolute atomic E-state index is 0. The fourth-order valence-electron chi connectivity index (χ4n) is 17.8. The minimum Gasteiger partial charge on any atom is -0.390 e. The van der Waals surface area contributed by atoms with Gasteiger partial charge in [-0.25, -0.2) is 10.5 Å². The number of carbonyl (C=O) groups excluding carboxylic acids is 2. The summed E-state index contributed by atoms with van der Waals surface area (Å²) in [7, 11) is 3.89. The highest BCUT2D eigenvalue weighted by Crippen LogP contribution is 2.70. The van der Waals surface area contributed by atoms with E-state index in [1.54, 1.807) is 0 Å². The quantitative estimate of drug-likeness (QED) is 0.104. The summed E-state index contributed by atoms with van der Waals surface area (Å²) < 4.78 is 40.8. The number of halogens is 4. The summed E-state index contributed by atoms with van der Waals surface area (Å²) >= 11 is 3.43. The SMILES string of the molecule is C.C.CN(CC(=O)[C@H]1CC[C@H]2[C@@H]3CC[C@H]4C[C@@](O)(C(F)(F)F)CC[C@]4(C)[C@H]3CC[C@]12C)c1ccccc1.CNc1ccccc1.C[C@@]1(O)CC[C@@]2(C)[C@@H](CC[C@@H]3[C@@H]2CC[C@]2(C)[C@@H](C(=O)CBr)CC[C@@H]32)C1.OOO. The number of rotatable bonds is 7. The van der Waals surface area contributed by atoms with Crippen LogP contribution in [0.25, 0.3) is 0 Å². The van der Waals surface area contributed by atoms with Crippen LogP contribution in [0.4, 0.5) is 24.5 Å². The maximum Gasteiger partial charge on any atom is 0.417 e. The van der Waals surface area contributed by atoms with Crippen LogP contribution in [0.15, 0.2) is 60.7 Å². The van der Waals surface area contributed by atoms with Gasteiger partial charge < -0.3 is 20.4 Å². The summed E-state index contributed by atoms with van der Waals surface area (Å²) in [5.41, 5.74) is -0.250. The molecule has 8 saturated carbocycles. The number of nitrogens with zero attached hydrogens (tertiary/aromatic N) is 1. The molecule has 0 unspecified atom stereocenters. The van der Waals surface area contributed by atoms with E-state index in [2.05, 4.69) is 54.0 Å². The molecule has 8 fully saturated rings. The molecule has 8 aliphatic rings. The number of carbonyl (C=O) groups is 2. The topological polar surface area (TPSA) is 140 Å². The third-order valence-electron chi connectivity index (χ3n) is 21.8. The molecule has 5 N–H and O–H groups in total. The van der Waals surface area contributed by atoms with Crippen molar-refractivity contribution in [2.45, 2.75) is 182 Å². The van der Waals surface area contributed by atoms with Gasteiger partial charge in [0.2, 0.25) is 0 Å². The highest BCUT2D eigenvalue weighted by Gasteiger charge is 2.66. The van der Waals surface area contributed by atoms with E-state index in [9.17, 15) is 33.0 Å². The van der Waals surface area contributed by atoms with E-state index in [1.807, 2.05) is 86.6 Å². The van der Waals surface area contributed by atoms with Crippen molar-refractivity contribution in [2.24, 2.45) is 80.8 Å². The molecule has 0 saturated heterocycles. The number of hydrogen-bond acceptors (Lipinski definition) is 9. The van der Waals surface area contributed by atoms with Crippen LogP contribution in [-0.2, 0) is 14.6 Å². The van der Waals surface area contributed by atoms with Gasteiger partial charge in [0.25, 0.3) is 0 Å². The molecule has 0 aliphatic heterocycles. The van der Waals surface area contributed by atoms with Crippen LogP contribution in [0.3, 0.4) is 0 Å². The van der Waals surface area contributed by atoms with Crippen LogP contribution in [0, 0.1) is 80.8 Å². The summed E-state index contributed by atoms with van der Waals surface area (Å²) in [6.45, 7) is 12.0. The Bertz CT molecular complexity index is 2100. The lowest BCUT2D eigenvalue weighted by molar-refractivity contribution is -0.465. The Morgan fingerprint density at radius 2 is 1.07 bits per heavy atom. The molecule has 0 heterocycles. The predicted octanol–water partition coefficient (Wildman–Crippen LogP) is 15.0. The summed E-state index contributed by atoms with van der Waals surface area (Å²) in [6.07, 6.45) is 11.9. The minimum atomic E-state index is -4.55. The number of para-hydroxylation sites is 2. The lowest BCUT2D eigenvalue weighted by Crippen LogP contribution is -2.59. The summed E-state index contributed by atoms with van der Waals surface area (Å²) in [4.78, 5) is 28.1. The van der Waals surface area contributed by atoms with Crippen molar-refractivity contribution in [1.29, 1.82) is 0 Å². The normalized spacial score (nSPS) is 40.8. The number of ketones is 2. The standard InChI is InChI=1S/C29H40F3NO2.C22H35BrO2.C7H9N.2CH4.H2O3/c1-26-15-16-28(35,29(30,31)32)17-19(26)9-10-21-22-11-12-24(27(22,2)14-13-23(21)26)25(34)18-33(3)20-7-5-4-6-8-20;1-20(25)10-11-21(2)14(12-20)4-5-15-16-6-7-18(19(24)13-23)22(16,3)9-8-17(15)21;1-8-7-5-3-2-4-6-7;;;1-3-2/h4-8,19,21-24,35H,9-18H2,1-3H3;14-18,25H,4-13H2,1-3H3;2-6,8H,1H3;2*1H4;1-2H/t19-,21-,22-,23-,24+,26-,27-,28+;14-,15-,16-,17-,18+,20+,21-,22-;;;;/m00..../s1. The van der Waals surface area contributed by atoms with Crippen LogP contribution >= 0.6 is 15.9 Å². The summed E-state index contributed by atoms with van der Waals surface area (Å²) in [6, 6.07) is 20.1. The molecule has 16 atom stereocenters. The molecule has 2 aromatic rings. The average molecular weight is 1090 g/mol. The maximum absolute atomic E-state index is 13.6. The number of likely N-dealkylation sites (N-methyl/N-ethyl adjacent to an activating group) is 1. The molecule has 8 aliphatic carbocycles. The Balaban J connectivity index is 0.000000226. The molecular weight excluding hydrogens is 998 g/mol. The molecule has 13 heteroatoms. The first-order valence-electron chi connectivity index (χ1n) is 27.0. The second kappa shape index (κ2) is 24.0. The van der Waals surface area contributed by atoms with E-state index in [0.717, 1.165) is 86.9 Å². The van der Waals surface area contributed by atoms with Crippen molar-refractivity contribution >= 4 is 38.9 Å². The Morgan fingerprint density at radius 1 is 0.630 bits per heavy atom. The largest absolute Gasteiger partial charge is 0.417 e. The van der Waals surface area contributed by atoms with Gasteiger partial charge in [0.05, 0.1) is 17.5 Å². The van der Waals surface area contributed by atoms with Gasteiger partial charge in [-0.3, -0.25) is 9.59 Å². The molecule has 0 amide bonds. The first-order valence-corrected chi connectivity index (χ1v) is 28.1. The van der Waals surface area contributed by atoms with Crippen LogP contribution in [0.5, 0.6) is 0 Å². The van der Waals surface area contributed by atoms with Gasteiger partial charge in [-0.05, 0) is 216 Å². The molecule has 414 valence electrons. The smallest absolute Gasteiger partial charge is 0.390 e. The second-order valence-corrected chi connectivity index (χ2v) is 25.6. The van der Waals surface area contributed by atoms with Crippen LogP contribution in [0.1, 0.15) is 165 Å². The molecule has 0 radical (unpaired) electrons. The second-order valence-electron chi connectivity index (χ2n) is 25.1. The Labute approximate surface area is 445 Å². The number of hydrogen-bond donors (Lipinski definition) is 5. The number of anilines is 2. The zero-order valence-electron chi connectivity index (χ0n) is 43.7. The lowest BCUT2D eigenvalue weighted by Gasteiger charge is -2.62. The van der Waals surface area contributed by atoms with Crippen LogP contribution in [-0.4, -0.2) is 75.6 Å². The van der Waals surface area contributed by atoms with E-state index in [0.29, 0.717) is 58.9 Å². The van der Waals surface area contributed by atoms with Crippen molar-refractivity contribution in [3.63, 3.8) is 0 Å². The van der Waals surface area contributed by atoms with Crippen LogP contribution < -0.4 is 10.2 Å². The molecule has 0 bridgehead atoms. The number of benzene rings is 2. The third-order valence-corrected chi connectivity index (χ3v) is 22.3. The van der Waals surface area contributed by atoms with Crippen molar-refractivity contribution < 1.29 is 48.5 Å². The van der Waals surface area contributed by atoms with E-state index in [-0.39, 0.29) is 61.7 Å². The number of nitrogens with one attached hydrogen (secondary N) is 1. The maximum atomic E-state index is 13.6. The molecule has 0 aromatic heterocycles. The van der Waals surface area contributed by atoms with E-state index in [4.69, 9.17) is 10.5 Å². The average Bonchev–Trinajstić information content (AvgIpc) is 3.89. The molecule has 0 spiro atoms. The Hall–Kier alpha value is -2.55. The van der Waals surface area contributed by atoms with E-state index < -0.39 is 17.4 Å². The van der Waals surface area contributed by atoms with Crippen molar-refractivity contribution in [2.75, 3.05) is 36.2 Å². The fraction of sp³-hybridized carbons (Fsp3) is 0.767. The van der Waals surface area contributed by atoms with Gasteiger partial charge in [-0.2, -0.15) is 13.2 Å². The highest BCUT2D eigenvalue weighted by atomic mass is 79.9. The molecule has 2 aromatic carbocycles. The Morgan fingerprint density at radius 3 is 1.52 bits per heavy atom. The summed E-state index contributed by atoms with van der Waals surface area (Å²) in [5, 5.41) is 40.1. The number of fused-ring (bicyclic) bond motifs is 10. The zero-order chi connectivity index (χ0) is 51.8. The third kappa shape index (κ3) is 12.0. The molecule has 73 heavy (non-hydrogen) atoms. The first kappa shape index (κ1) is 61.3. The van der Waals surface area contributed by atoms with Crippen molar-refractivity contribution in [3.05, 3.63) is 60.7 Å².